The second-order valence-corrected chi connectivity index (χ2v) is 22.2. The van der Waals surface area contributed by atoms with Gasteiger partial charge in [0.15, 0.2) is 5.78 Å². The molecule has 83 heavy (non-hydrogen) atoms. The minimum absolute atomic E-state index is 0.0700. The summed E-state index contributed by atoms with van der Waals surface area (Å²) in [6, 6.07) is 33.7. The Balaban J connectivity index is 0.621. The van der Waals surface area contributed by atoms with Gasteiger partial charge in [-0.2, -0.15) is 0 Å². The molecular formula is C65H74N6O12. The van der Waals surface area contributed by atoms with Crippen LogP contribution < -0.4 is 27.0 Å². The van der Waals surface area contributed by atoms with Crippen LogP contribution in [0.15, 0.2) is 114 Å². The molecule has 0 saturated carbocycles. The number of ketones is 1. The number of alkyl carbamates (subject to hydrolysis) is 1. The number of nitrogens with one attached hydrogen (secondary N) is 2. The summed E-state index contributed by atoms with van der Waals surface area (Å²) < 4.78 is 32.6. The Bertz CT molecular complexity index is 3360. The number of ether oxygens (including phenoxy) is 5. The maximum absolute atomic E-state index is 14.6. The van der Waals surface area contributed by atoms with Crippen LogP contribution in [0.4, 0.5) is 10.5 Å². The van der Waals surface area contributed by atoms with Crippen LogP contribution >= 0.6 is 0 Å². The zero-order valence-corrected chi connectivity index (χ0v) is 47.3. The number of imidazole rings is 1. The van der Waals surface area contributed by atoms with Gasteiger partial charge in [-0.15, -0.1) is 0 Å². The van der Waals surface area contributed by atoms with Gasteiger partial charge >= 0.3 is 11.8 Å². The molecule has 4 heterocycles. The van der Waals surface area contributed by atoms with Crippen molar-refractivity contribution in [2.24, 2.45) is 18.7 Å². The summed E-state index contributed by atoms with van der Waals surface area (Å²) in [6.07, 6.45) is 4.34. The molecule has 4 aliphatic rings. The first-order valence-corrected chi connectivity index (χ1v) is 29.2. The molecule has 5 aromatic carbocycles. The predicted molar refractivity (Wildman–Crippen MR) is 312 cm³/mol. The molecule has 0 radical (unpaired) electrons. The fraction of sp³-hybridized carbons (Fsp3) is 0.431. The summed E-state index contributed by atoms with van der Waals surface area (Å²) in [5.41, 5.74) is 16.9. The van der Waals surface area contributed by atoms with E-state index in [1.54, 1.807) is 16.5 Å². The number of aromatic nitrogens is 2. The third-order valence-electron chi connectivity index (χ3n) is 16.8. The third kappa shape index (κ3) is 13.7. The van der Waals surface area contributed by atoms with E-state index in [9.17, 15) is 33.6 Å². The number of rotatable bonds is 28. The molecule has 3 aliphatic heterocycles. The summed E-state index contributed by atoms with van der Waals surface area (Å²) >= 11 is 0. The van der Waals surface area contributed by atoms with E-state index in [0.29, 0.717) is 83.9 Å². The summed E-state index contributed by atoms with van der Waals surface area (Å²) in [4.78, 5) is 93.6. The highest BCUT2D eigenvalue weighted by Gasteiger charge is 2.45. The molecule has 5 amide bonds. The molecule has 18 nitrogen and oxygen atoms in total. The molecule has 10 rings (SSSR count). The van der Waals surface area contributed by atoms with Crippen LogP contribution in [0.5, 0.6) is 0 Å². The van der Waals surface area contributed by atoms with Crippen molar-refractivity contribution in [3.8, 4) is 11.1 Å². The van der Waals surface area contributed by atoms with Crippen molar-refractivity contribution in [3.05, 3.63) is 159 Å². The number of hydrogen-bond donors (Lipinski definition) is 3. The van der Waals surface area contributed by atoms with Crippen molar-refractivity contribution < 1.29 is 52.5 Å². The maximum Gasteiger partial charge on any atom is 0.407 e. The average molecular weight is 1130 g/mol. The quantitative estimate of drug-likeness (QED) is 0.0321. The monoisotopic (exact) mass is 1130 g/mol. The Kier molecular flexibility index (Phi) is 19.1. The van der Waals surface area contributed by atoms with Gasteiger partial charge in [0.2, 0.25) is 23.6 Å². The van der Waals surface area contributed by atoms with E-state index in [4.69, 9.17) is 29.4 Å². The van der Waals surface area contributed by atoms with Crippen molar-refractivity contribution in [2.45, 2.75) is 121 Å². The number of aryl methyl sites for hydroxylation is 4. The number of imide groups is 1. The number of carbonyl (C=O) groups excluding carboxylic acids is 6. The topological polar surface area (TPSA) is 229 Å². The molecule has 6 aromatic rings. The van der Waals surface area contributed by atoms with Crippen LogP contribution in [0.1, 0.15) is 109 Å². The van der Waals surface area contributed by atoms with Crippen LogP contribution in [0, 0.1) is 5.92 Å². The number of hydrogen-bond acceptors (Lipinski definition) is 12. The lowest BCUT2D eigenvalue weighted by molar-refractivity contribution is -0.135. The summed E-state index contributed by atoms with van der Waals surface area (Å²) in [5.74, 6) is -2.22. The minimum atomic E-state index is -0.907. The summed E-state index contributed by atoms with van der Waals surface area (Å²) in [5, 5.41) is 5.21. The number of carbonyl (C=O) groups is 6. The molecule has 1 aliphatic carbocycles. The highest BCUT2D eigenvalue weighted by atomic mass is 16.6. The highest BCUT2D eigenvalue weighted by molar-refractivity contribution is 6.08. The summed E-state index contributed by atoms with van der Waals surface area (Å²) in [7, 11) is 1.69. The molecule has 4 N–H and O–H groups in total. The van der Waals surface area contributed by atoms with Crippen molar-refractivity contribution in [2.75, 3.05) is 51.1 Å². The largest absolute Gasteiger partial charge is 0.449 e. The molecule has 436 valence electrons. The third-order valence-corrected chi connectivity index (χ3v) is 16.8. The van der Waals surface area contributed by atoms with Crippen molar-refractivity contribution in [1.82, 2.24) is 19.8 Å². The molecule has 5 atom stereocenters. The van der Waals surface area contributed by atoms with Gasteiger partial charge in [0.25, 0.3) is 0 Å². The minimum Gasteiger partial charge on any atom is -0.449 e. The van der Waals surface area contributed by atoms with Gasteiger partial charge in [0, 0.05) is 51.9 Å². The van der Waals surface area contributed by atoms with Crippen molar-refractivity contribution in [1.29, 1.82) is 0 Å². The van der Waals surface area contributed by atoms with E-state index in [2.05, 4.69) is 47.0 Å². The Morgan fingerprint density at radius 2 is 1.36 bits per heavy atom. The first kappa shape index (κ1) is 58.4. The molecule has 1 fully saturated rings. The van der Waals surface area contributed by atoms with E-state index in [0.717, 1.165) is 81.4 Å². The van der Waals surface area contributed by atoms with Gasteiger partial charge in [0.05, 0.1) is 61.9 Å². The molecule has 0 spiro atoms. The lowest BCUT2D eigenvalue weighted by atomic mass is 9.89. The number of amides is 5. The smallest absolute Gasteiger partial charge is 0.407 e. The van der Waals surface area contributed by atoms with E-state index in [1.807, 2.05) is 79.7 Å². The van der Waals surface area contributed by atoms with Gasteiger partial charge in [0.1, 0.15) is 18.7 Å². The zero-order chi connectivity index (χ0) is 58.0. The number of para-hydroxylation sites is 1. The normalized spacial score (nSPS) is 18.1. The standard InChI is InChI=1S/C65H74N6O12/c1-41(82-39-44-20-18-42(19-21-44)10-8-30-79-32-34-81-35-33-80-31-9-11-43-22-26-54-56(36-43)69(2)65(78)70(54)55-27-29-60(74)68-62(55)75)46(24-28-59(66)73)38-58(72)57-37-47-13-7-12-45-23-25-53(63(76)71(57)61(45)47)67-64(77)83-40-52-50-16-5-3-14-48(50)49-15-4-6-17-51(49)52/h3-7,12-22,26,36,41,46,52-53,55,57H,8-11,23-25,27-35,37-40H2,1-2H3,(H2,66,73)(H,67,77)(H,68,74,75)/t41-,46-,53+,55?,57+/m1/s1. The number of benzene rings is 5. The second-order valence-electron chi connectivity index (χ2n) is 22.2. The van der Waals surface area contributed by atoms with Gasteiger partial charge in [-0.05, 0) is 126 Å². The first-order valence-electron chi connectivity index (χ1n) is 29.2. The lowest BCUT2D eigenvalue weighted by Gasteiger charge is -2.30. The Morgan fingerprint density at radius 1 is 0.723 bits per heavy atom. The zero-order valence-electron chi connectivity index (χ0n) is 47.3. The van der Waals surface area contributed by atoms with Gasteiger partial charge in [-0.1, -0.05) is 97.1 Å². The predicted octanol–water partition coefficient (Wildman–Crippen LogP) is 7.49. The summed E-state index contributed by atoms with van der Waals surface area (Å²) in [6.45, 7) is 5.33. The van der Waals surface area contributed by atoms with Gasteiger partial charge < -0.3 is 34.7 Å². The fourth-order valence-corrected chi connectivity index (χ4v) is 12.3. The molecule has 1 saturated heterocycles. The van der Waals surface area contributed by atoms with Crippen LogP contribution in [0.3, 0.4) is 0 Å². The van der Waals surface area contributed by atoms with Gasteiger partial charge in [-0.3, -0.25) is 43.3 Å². The van der Waals surface area contributed by atoms with E-state index < -0.39 is 42.1 Å². The molecule has 1 unspecified atom stereocenters. The van der Waals surface area contributed by atoms with Crippen LogP contribution in [0.2, 0.25) is 0 Å². The van der Waals surface area contributed by atoms with E-state index >= 15 is 0 Å². The lowest BCUT2D eigenvalue weighted by Crippen LogP contribution is -2.52. The van der Waals surface area contributed by atoms with Crippen LogP contribution in [-0.2, 0) is 87.0 Å². The Labute approximate surface area is 482 Å². The number of anilines is 1. The number of fused-ring (bicyclic) bond motifs is 4. The van der Waals surface area contributed by atoms with Crippen molar-refractivity contribution in [3.63, 3.8) is 0 Å². The Morgan fingerprint density at radius 3 is 2.05 bits per heavy atom. The molecule has 0 bridgehead atoms. The Hall–Kier alpha value is -7.77. The number of nitrogens with zero attached hydrogens (tertiary/aromatic N) is 3. The maximum atomic E-state index is 14.6. The number of piperidine rings is 1. The number of nitrogens with two attached hydrogens (primary N) is 1. The fourth-order valence-electron chi connectivity index (χ4n) is 12.3. The second kappa shape index (κ2) is 27.1. The highest BCUT2D eigenvalue weighted by Crippen LogP contribution is 2.45. The molecule has 1 aromatic heterocycles. The SMILES string of the molecule is C[C@@H](OCc1ccc(CCCOCCOCCOCCCc2ccc3c(c2)n(C)c(=O)n3C2CCC(=O)NC2=O)cc1)[C@H](CCC(N)=O)CC(=O)[C@@H]1Cc2cccc3c2N1C(=O)[C@@H](NC(=O)OCC1c2ccccc2-c2ccccc21)CC3. The van der Waals surface area contributed by atoms with Gasteiger partial charge in [-0.25, -0.2) is 9.59 Å². The molecule has 18 heteroatoms. The number of primary amides is 1. The average Bonchev–Trinajstić information content (AvgIpc) is 3.47. The first-order chi connectivity index (χ1) is 40.3. The van der Waals surface area contributed by atoms with Crippen molar-refractivity contribution >= 4 is 52.2 Å². The van der Waals surface area contributed by atoms with Crippen LogP contribution in [0.25, 0.3) is 22.2 Å². The molecular weight excluding hydrogens is 1060 g/mol. The van der Waals surface area contributed by atoms with E-state index in [-0.39, 0.29) is 61.0 Å². The van der Waals surface area contributed by atoms with E-state index in [1.165, 1.54) is 10.1 Å². The van der Waals surface area contributed by atoms with Crippen LogP contribution in [-0.4, -0.2) is 109 Å². The number of Topliss-reactive ketones (excluding diaryl/α,β-unsaturated/α-hetero) is 1.